The Morgan fingerprint density at radius 2 is 1.74 bits per heavy atom. The second-order valence-electron chi connectivity index (χ2n) is 20.4. The maximum absolute atomic E-state index is 15.6. The third-order valence-electron chi connectivity index (χ3n) is 17.1. The van der Waals surface area contributed by atoms with E-state index in [1.54, 1.807) is 13.2 Å². The molecule has 6 heterocycles. The van der Waals surface area contributed by atoms with Crippen molar-refractivity contribution < 1.29 is 48.3 Å². The summed E-state index contributed by atoms with van der Waals surface area (Å²) < 4.78 is 24.3. The van der Waals surface area contributed by atoms with E-state index in [9.17, 15) is 24.6 Å². The maximum Gasteiger partial charge on any atom is 0.344 e. The molecular formula is C52H68N4O10. The molecule has 5 aliphatic heterocycles. The van der Waals surface area contributed by atoms with E-state index in [2.05, 4.69) is 39.1 Å². The summed E-state index contributed by atoms with van der Waals surface area (Å²) in [6, 6.07) is 4.83. The van der Waals surface area contributed by atoms with Crippen LogP contribution in [0.25, 0.3) is 17.0 Å². The van der Waals surface area contributed by atoms with Crippen molar-refractivity contribution in [1.29, 1.82) is 0 Å². The molecule has 2 bridgehead atoms. The summed E-state index contributed by atoms with van der Waals surface area (Å²) in [4.78, 5) is 66.4. The molecule has 14 nitrogen and oxygen atoms in total. The number of esters is 3. The predicted molar refractivity (Wildman–Crippen MR) is 248 cm³/mol. The first kappa shape index (κ1) is 46.5. The first-order chi connectivity index (χ1) is 31.5. The van der Waals surface area contributed by atoms with Gasteiger partial charge in [-0.25, -0.2) is 4.79 Å². The van der Waals surface area contributed by atoms with E-state index in [0.29, 0.717) is 77.7 Å². The number of aromatic amines is 1. The molecule has 66 heavy (non-hydrogen) atoms. The van der Waals surface area contributed by atoms with Crippen LogP contribution in [-0.2, 0) is 50.0 Å². The van der Waals surface area contributed by atoms with Crippen LogP contribution in [-0.4, -0.2) is 150 Å². The molecule has 3 unspecified atom stereocenters. The van der Waals surface area contributed by atoms with Gasteiger partial charge in [-0.1, -0.05) is 51.1 Å². The smallest absolute Gasteiger partial charge is 0.344 e. The number of rotatable bonds is 11. The number of nitrogens with zero attached hydrogens (tertiary/aromatic N) is 3. The summed E-state index contributed by atoms with van der Waals surface area (Å²) in [5, 5.41) is 26.5. The summed E-state index contributed by atoms with van der Waals surface area (Å²) in [5.74, 6) is -2.66. The van der Waals surface area contributed by atoms with Crippen molar-refractivity contribution in [1.82, 2.24) is 19.7 Å². The van der Waals surface area contributed by atoms with Gasteiger partial charge >= 0.3 is 17.9 Å². The number of aliphatic hydroxyl groups is 2. The van der Waals surface area contributed by atoms with Crippen molar-refractivity contribution in [2.75, 3.05) is 61.1 Å². The molecule has 0 amide bonds. The van der Waals surface area contributed by atoms with Crippen LogP contribution in [0.1, 0.15) is 89.5 Å². The van der Waals surface area contributed by atoms with Gasteiger partial charge in [-0.05, 0) is 98.4 Å². The number of piperidine rings is 1. The largest absolute Gasteiger partial charge is 0.468 e. The quantitative estimate of drug-likeness (QED) is 0.119. The molecule has 12 atom stereocenters. The van der Waals surface area contributed by atoms with E-state index in [4.69, 9.17) is 18.9 Å². The number of nitrogens with one attached hydrogen (secondary N) is 1. The van der Waals surface area contributed by atoms with E-state index in [0.717, 1.165) is 45.4 Å². The van der Waals surface area contributed by atoms with Crippen LogP contribution >= 0.6 is 0 Å². The van der Waals surface area contributed by atoms with Crippen LogP contribution in [0.5, 0.6) is 0 Å². The zero-order valence-corrected chi connectivity index (χ0v) is 39.9. The number of carbonyl (C=O) groups is 4. The Balaban J connectivity index is 1.31. The lowest BCUT2D eigenvalue weighted by Gasteiger charge is -2.63. The number of likely N-dealkylation sites (N-methyl/N-ethyl adjacent to an activating group) is 1. The fourth-order valence-electron chi connectivity index (χ4n) is 14.6. The molecule has 0 radical (unpaired) electrons. The van der Waals surface area contributed by atoms with Gasteiger partial charge in [0.15, 0.2) is 11.9 Å². The fraction of sp³-hybridized carbons (Fsp3) is 0.615. The number of H-pyrrole nitrogens is 1. The van der Waals surface area contributed by atoms with Crippen LogP contribution in [0, 0.1) is 22.7 Å². The van der Waals surface area contributed by atoms with Gasteiger partial charge in [0.05, 0.1) is 32.0 Å². The highest BCUT2D eigenvalue weighted by Gasteiger charge is 2.81. The highest BCUT2D eigenvalue weighted by Crippen LogP contribution is 2.70. The van der Waals surface area contributed by atoms with Crippen molar-refractivity contribution in [2.45, 2.75) is 120 Å². The minimum atomic E-state index is -2.32. The lowest BCUT2D eigenvalue weighted by Crippen LogP contribution is -2.79. The Morgan fingerprint density at radius 1 is 0.970 bits per heavy atom. The monoisotopic (exact) mass is 908 g/mol. The highest BCUT2D eigenvalue weighted by atomic mass is 16.6. The van der Waals surface area contributed by atoms with Crippen molar-refractivity contribution in [2.24, 2.45) is 22.7 Å². The van der Waals surface area contributed by atoms with Crippen LogP contribution in [0.4, 0.5) is 0 Å². The third kappa shape index (κ3) is 6.58. The highest BCUT2D eigenvalue weighted by molar-refractivity contribution is 5.96. The number of fused-ring (bicyclic) bond motifs is 6. The molecule has 1 aromatic carbocycles. The molecule has 4 fully saturated rings. The predicted octanol–water partition coefficient (Wildman–Crippen LogP) is 5.02. The first-order valence-corrected chi connectivity index (χ1v) is 24.0. The average molecular weight is 909 g/mol. The number of likely N-dealkylation sites (tertiary alicyclic amines) is 1. The topological polar surface area (TPSA) is 171 Å². The molecule has 1 spiro atoms. The number of ketones is 1. The van der Waals surface area contributed by atoms with Crippen LogP contribution < -0.4 is 0 Å². The maximum atomic E-state index is 15.6. The molecule has 1 aromatic heterocycles. The van der Waals surface area contributed by atoms with Gasteiger partial charge in [0.25, 0.3) is 0 Å². The molecule has 3 saturated heterocycles. The normalized spacial score (nSPS) is 38.0. The number of ether oxygens (including phenoxy) is 4. The number of hydrogen-bond acceptors (Lipinski definition) is 13. The number of carbonyl (C=O) groups excluding carboxylic acids is 4. The zero-order chi connectivity index (χ0) is 47.1. The average Bonchev–Trinajstić information content (AvgIpc) is 3.97. The van der Waals surface area contributed by atoms with Gasteiger partial charge in [0, 0.05) is 98.8 Å². The number of methoxy groups -OCH3 is 3. The molecule has 3 N–H and O–H groups in total. The number of aromatic nitrogens is 1. The van der Waals surface area contributed by atoms with Gasteiger partial charge in [-0.15, -0.1) is 0 Å². The molecule has 356 valence electrons. The van der Waals surface area contributed by atoms with Gasteiger partial charge in [-0.2, -0.15) is 0 Å². The van der Waals surface area contributed by atoms with Crippen LogP contribution in [0.15, 0.2) is 59.8 Å². The Labute approximate surface area is 388 Å². The third-order valence-corrected chi connectivity index (χ3v) is 17.1. The number of hydrogen-bond donors (Lipinski definition) is 3. The standard InChI is InChI=1S/C52H68N4O10/c1-9-13-34(58)16-14-32-15-17-39-36(24-32)35-18-22-55-29-33(27-48(61,10-2)30-55)28-51(42(35)53-39,46(59)64-7)38-25-37-40(26-41(38)63-6)54(5)44-50(37)20-23-56-21-12-19-49(11-3,43(50)56)45(66-31(4)57)52(44,62)47(60)65-8/h12,14-17,19,24-26,33,38,41,43-45,53,61-62H,9-11,13,18,20-23,27-30H2,1-8H3/b16-14+/t33-,38?,41?,43+,44-,45-,48+,49-,50-,51+,52+/m1/s1. The van der Waals surface area contributed by atoms with Gasteiger partial charge in [-0.3, -0.25) is 24.2 Å². The Morgan fingerprint density at radius 3 is 2.42 bits per heavy atom. The molecule has 14 heteroatoms. The Kier molecular flexibility index (Phi) is 11.9. The fourth-order valence-corrected chi connectivity index (χ4v) is 14.6. The number of allylic oxidation sites excluding steroid dienone is 2. The summed E-state index contributed by atoms with van der Waals surface area (Å²) >= 11 is 0. The first-order valence-electron chi connectivity index (χ1n) is 24.0. The second kappa shape index (κ2) is 16.9. The van der Waals surface area contributed by atoms with E-state index in [-0.39, 0.29) is 17.7 Å². The van der Waals surface area contributed by atoms with E-state index < -0.39 is 69.5 Å². The summed E-state index contributed by atoms with van der Waals surface area (Å²) in [6.45, 7) is 10.5. The van der Waals surface area contributed by atoms with Crippen molar-refractivity contribution in [3.8, 4) is 0 Å². The minimum Gasteiger partial charge on any atom is -0.468 e. The molecule has 2 aliphatic carbocycles. The summed E-state index contributed by atoms with van der Waals surface area (Å²) in [5.41, 5.74) is -1.50. The van der Waals surface area contributed by atoms with E-state index in [1.165, 1.54) is 21.1 Å². The molecular weight excluding hydrogens is 841 g/mol. The Hall–Kier alpha value is -4.60. The molecule has 9 rings (SSSR count). The van der Waals surface area contributed by atoms with E-state index >= 15 is 4.79 Å². The SMILES string of the molecule is CCCC(=O)/C=C/c1ccc2[nH]c3c(c2c1)CCN1C[C@H](C[C@@](O)(CC)C1)C[C@]3(C(=O)OC)C1C=C2C(=CC1OC)N(C)[C@H]1[C@@](O)(C(=O)OC)[C@H](OC(C)=O)[C@]3(CC)C=CCN4CC[C@]21[C@@H]43. The van der Waals surface area contributed by atoms with Gasteiger partial charge in [0.1, 0.15) is 5.41 Å². The molecule has 1 saturated carbocycles. The van der Waals surface area contributed by atoms with E-state index in [1.807, 2.05) is 57.0 Å². The second-order valence-corrected chi connectivity index (χ2v) is 20.4. The molecule has 2 aromatic rings. The number of benzene rings is 1. The Bertz CT molecular complexity index is 2440. The van der Waals surface area contributed by atoms with Crippen molar-refractivity contribution in [3.05, 3.63) is 76.7 Å². The van der Waals surface area contributed by atoms with Crippen molar-refractivity contribution in [3.63, 3.8) is 0 Å². The summed E-state index contributed by atoms with van der Waals surface area (Å²) in [6.07, 6.45) is 14.1. The van der Waals surface area contributed by atoms with Gasteiger partial charge in [0.2, 0.25) is 5.60 Å². The van der Waals surface area contributed by atoms with Crippen LogP contribution in [0.3, 0.4) is 0 Å². The summed E-state index contributed by atoms with van der Waals surface area (Å²) in [7, 11) is 6.21. The molecule has 7 aliphatic rings. The lowest BCUT2D eigenvalue weighted by atomic mass is 9.47. The zero-order valence-electron chi connectivity index (χ0n) is 39.9. The van der Waals surface area contributed by atoms with Crippen molar-refractivity contribution >= 4 is 40.7 Å². The van der Waals surface area contributed by atoms with Gasteiger partial charge < -0.3 is 39.0 Å². The van der Waals surface area contributed by atoms with Crippen LogP contribution in [0.2, 0.25) is 0 Å². The minimum absolute atomic E-state index is 0.0602. The lowest BCUT2D eigenvalue weighted by molar-refractivity contribution is -0.243.